The Hall–Kier alpha value is -4.54. The molecular weight excluding hydrogens is 537 g/mol. The minimum Gasteiger partial charge on any atom is -0.481 e. The van der Waals surface area contributed by atoms with Gasteiger partial charge in [0.1, 0.15) is 5.75 Å². The molecule has 0 saturated heterocycles. The smallest absolute Gasteiger partial charge is 0.481 e. The molecule has 0 amide bonds. The summed E-state index contributed by atoms with van der Waals surface area (Å²) >= 11 is 0. The van der Waals surface area contributed by atoms with E-state index in [0.717, 1.165) is 34.6 Å². The number of carboxylic acids is 1. The van der Waals surface area contributed by atoms with Crippen molar-refractivity contribution < 1.29 is 32.3 Å². The molecule has 3 heterocycles. The van der Waals surface area contributed by atoms with Gasteiger partial charge in [-0.1, -0.05) is 12.1 Å². The molecule has 2 aromatic heterocycles. The molecule has 1 saturated carbocycles. The number of carboxylic acid groups (broad SMARTS) is 1. The number of rotatable bonds is 7. The van der Waals surface area contributed by atoms with E-state index in [1.165, 1.54) is 12.1 Å². The van der Waals surface area contributed by atoms with Crippen LogP contribution < -0.4 is 15.3 Å². The quantitative estimate of drug-likeness (QED) is 0.324. The molecule has 1 aliphatic carbocycles. The second-order valence-corrected chi connectivity index (χ2v) is 10.3. The number of aliphatic carboxylic acids is 1. The maximum Gasteiger partial charge on any atom is 0.573 e. The predicted molar refractivity (Wildman–Crippen MR) is 142 cm³/mol. The number of aryl methyl sites for hydroxylation is 1. The first-order chi connectivity index (χ1) is 19.6. The topological polar surface area (TPSA) is 111 Å². The molecule has 11 heteroatoms. The average molecular weight is 563 g/mol. The minimum absolute atomic E-state index is 0.0319. The van der Waals surface area contributed by atoms with Crippen LogP contribution in [-0.2, 0) is 4.79 Å². The van der Waals surface area contributed by atoms with Gasteiger partial charge in [-0.25, -0.2) is 0 Å². The summed E-state index contributed by atoms with van der Waals surface area (Å²) in [5, 5.41) is 15.5. The van der Waals surface area contributed by atoms with Crippen LogP contribution in [0.2, 0.25) is 0 Å². The highest BCUT2D eigenvalue weighted by atomic mass is 19.4. The molecule has 2 aromatic carbocycles. The van der Waals surface area contributed by atoms with E-state index in [4.69, 9.17) is 9.52 Å². The Kier molecular flexibility index (Phi) is 6.59. The molecular formula is C30H25F3N4O4. The van der Waals surface area contributed by atoms with Gasteiger partial charge in [0.2, 0.25) is 5.82 Å². The SMILES string of the molecule is CCC(C(=O)O)C1CCC2=c3cc(-c4noc(-c5cc(OC(F)(F)F)cc(-c6ccncc6C)c5)n4)ccc3=NC21. The largest absolute Gasteiger partial charge is 0.573 e. The van der Waals surface area contributed by atoms with Gasteiger partial charge in [0, 0.05) is 28.7 Å². The molecule has 210 valence electrons. The molecule has 4 aromatic rings. The molecule has 0 bridgehead atoms. The maximum absolute atomic E-state index is 13.1. The number of aromatic nitrogens is 3. The monoisotopic (exact) mass is 562 g/mol. The number of hydrogen-bond acceptors (Lipinski definition) is 7. The number of nitrogens with zero attached hydrogens (tertiary/aromatic N) is 4. The van der Waals surface area contributed by atoms with Gasteiger partial charge in [-0.2, -0.15) is 4.98 Å². The molecule has 2 aliphatic rings. The van der Waals surface area contributed by atoms with E-state index in [2.05, 4.69) is 19.9 Å². The fourth-order valence-electron chi connectivity index (χ4n) is 5.96. The Morgan fingerprint density at radius 2 is 1.95 bits per heavy atom. The number of benzene rings is 2. The van der Waals surface area contributed by atoms with Gasteiger partial charge in [-0.05, 0) is 96.8 Å². The van der Waals surface area contributed by atoms with Gasteiger partial charge in [0.15, 0.2) is 0 Å². The highest BCUT2D eigenvalue weighted by molar-refractivity contribution is 5.75. The molecule has 1 fully saturated rings. The van der Waals surface area contributed by atoms with Crippen LogP contribution in [0.3, 0.4) is 0 Å². The summed E-state index contributed by atoms with van der Waals surface area (Å²) in [5.74, 6) is -1.41. The zero-order valence-electron chi connectivity index (χ0n) is 22.1. The normalized spacial score (nSPS) is 18.5. The Morgan fingerprint density at radius 1 is 1.15 bits per heavy atom. The minimum atomic E-state index is -4.88. The second-order valence-electron chi connectivity index (χ2n) is 10.3. The summed E-state index contributed by atoms with van der Waals surface area (Å²) < 4.78 is 49.1. The number of fused-ring (bicyclic) bond motifs is 2. The van der Waals surface area contributed by atoms with Crippen LogP contribution >= 0.6 is 0 Å². The number of pyridine rings is 1. The van der Waals surface area contributed by atoms with E-state index in [1.54, 1.807) is 30.6 Å². The van der Waals surface area contributed by atoms with E-state index < -0.39 is 24.0 Å². The first kappa shape index (κ1) is 26.7. The van der Waals surface area contributed by atoms with Crippen LogP contribution in [0.15, 0.2) is 64.4 Å². The third-order valence-corrected chi connectivity index (χ3v) is 7.81. The average Bonchev–Trinajstić information content (AvgIpc) is 3.64. The Balaban J connectivity index is 1.37. The summed E-state index contributed by atoms with van der Waals surface area (Å²) in [7, 11) is 0. The lowest BCUT2D eigenvalue weighted by molar-refractivity contribution is -0.274. The van der Waals surface area contributed by atoms with Crippen LogP contribution in [0.25, 0.3) is 39.5 Å². The van der Waals surface area contributed by atoms with Crippen LogP contribution in [-0.4, -0.2) is 38.6 Å². The fourth-order valence-corrected chi connectivity index (χ4v) is 5.96. The lowest BCUT2D eigenvalue weighted by atomic mass is 9.86. The van der Waals surface area contributed by atoms with E-state index >= 15 is 0 Å². The van der Waals surface area contributed by atoms with Crippen molar-refractivity contribution in [2.24, 2.45) is 16.8 Å². The van der Waals surface area contributed by atoms with Crippen molar-refractivity contribution in [1.29, 1.82) is 0 Å². The molecule has 0 radical (unpaired) electrons. The molecule has 0 spiro atoms. The maximum atomic E-state index is 13.1. The summed E-state index contributed by atoms with van der Waals surface area (Å²) in [6.07, 6.45) is 0.374. The number of halogens is 3. The highest BCUT2D eigenvalue weighted by Gasteiger charge is 2.41. The summed E-state index contributed by atoms with van der Waals surface area (Å²) in [6.45, 7) is 3.69. The van der Waals surface area contributed by atoms with E-state index in [-0.39, 0.29) is 29.2 Å². The molecule has 41 heavy (non-hydrogen) atoms. The van der Waals surface area contributed by atoms with Crippen molar-refractivity contribution in [1.82, 2.24) is 15.1 Å². The molecule has 8 nitrogen and oxygen atoms in total. The predicted octanol–water partition coefficient (Wildman–Crippen LogP) is 5.35. The van der Waals surface area contributed by atoms with Crippen molar-refractivity contribution in [3.8, 4) is 39.7 Å². The number of hydrogen-bond donors (Lipinski definition) is 1. The molecule has 1 aliphatic heterocycles. The van der Waals surface area contributed by atoms with Crippen molar-refractivity contribution in [3.63, 3.8) is 0 Å². The third kappa shape index (κ3) is 5.07. The Labute approximate surface area is 232 Å². The van der Waals surface area contributed by atoms with Crippen molar-refractivity contribution in [2.45, 2.75) is 45.5 Å². The summed E-state index contributed by atoms with van der Waals surface area (Å²) in [6, 6.07) is 11.3. The van der Waals surface area contributed by atoms with Crippen LogP contribution in [0.5, 0.6) is 5.75 Å². The van der Waals surface area contributed by atoms with E-state index in [9.17, 15) is 23.1 Å². The van der Waals surface area contributed by atoms with Crippen LogP contribution in [0.1, 0.15) is 31.7 Å². The Bertz CT molecular complexity index is 1780. The lowest BCUT2D eigenvalue weighted by Crippen LogP contribution is -2.28. The van der Waals surface area contributed by atoms with Gasteiger partial charge in [0.05, 0.1) is 17.3 Å². The van der Waals surface area contributed by atoms with Gasteiger partial charge >= 0.3 is 12.3 Å². The fraction of sp³-hybridized carbons (Fsp3) is 0.300. The van der Waals surface area contributed by atoms with E-state index in [0.29, 0.717) is 23.1 Å². The summed E-state index contributed by atoms with van der Waals surface area (Å²) in [4.78, 5) is 25.2. The van der Waals surface area contributed by atoms with E-state index in [1.807, 2.05) is 26.0 Å². The first-order valence-electron chi connectivity index (χ1n) is 13.2. The Morgan fingerprint density at radius 3 is 2.68 bits per heavy atom. The molecule has 1 N–H and O–H groups in total. The molecule has 3 unspecified atom stereocenters. The number of alkyl halides is 3. The van der Waals surface area contributed by atoms with Gasteiger partial charge in [-0.3, -0.25) is 14.8 Å². The lowest BCUT2D eigenvalue weighted by Gasteiger charge is -2.21. The number of ether oxygens (including phenoxy) is 1. The molecule has 3 atom stereocenters. The second kappa shape index (κ2) is 10.1. The third-order valence-electron chi connectivity index (χ3n) is 7.81. The first-order valence-corrected chi connectivity index (χ1v) is 13.2. The zero-order valence-corrected chi connectivity index (χ0v) is 22.1. The highest BCUT2D eigenvalue weighted by Crippen LogP contribution is 2.41. The summed E-state index contributed by atoms with van der Waals surface area (Å²) in [5.41, 5.74) is 3.97. The van der Waals surface area contributed by atoms with Gasteiger partial charge in [-0.15, -0.1) is 13.2 Å². The van der Waals surface area contributed by atoms with Crippen LogP contribution in [0, 0.1) is 18.8 Å². The zero-order chi connectivity index (χ0) is 28.9. The van der Waals surface area contributed by atoms with Crippen molar-refractivity contribution in [3.05, 3.63) is 71.0 Å². The van der Waals surface area contributed by atoms with Gasteiger partial charge < -0.3 is 14.4 Å². The molecule has 6 rings (SSSR count). The van der Waals surface area contributed by atoms with Crippen molar-refractivity contribution >= 4 is 11.5 Å². The van der Waals surface area contributed by atoms with Crippen molar-refractivity contribution in [2.75, 3.05) is 0 Å². The van der Waals surface area contributed by atoms with Crippen LogP contribution in [0.4, 0.5) is 13.2 Å². The van der Waals surface area contributed by atoms with Gasteiger partial charge in [0.25, 0.3) is 5.89 Å². The standard InChI is InChI=1S/C30H25F3N4O4/c1-3-20(29(38)39)22-5-6-23-24-13-16(4-7-25(24)35-26(22)23)27-36-28(41-37-27)18-10-17(21-8-9-34-14-15(21)2)11-19(12-18)40-30(31,32)33/h4,7-14,20,22,26H,3,5-6H2,1-2H3,(H,38,39). The number of carbonyl (C=O) groups is 1.